The molecule has 5 heteroatoms. The standard InChI is InChI=1S/C14H11Cl2FO2/c1-8(18)11-7-10(17)3-5-13(11)19-14-4-2-9(15)6-12(14)16/h2-8,18H,1H3. The molecule has 2 rings (SSSR count). The molecule has 2 aromatic carbocycles. The molecule has 0 radical (unpaired) electrons. The number of aliphatic hydroxyl groups is 1. The molecule has 1 atom stereocenters. The Hall–Kier alpha value is -1.29. The smallest absolute Gasteiger partial charge is 0.146 e. The summed E-state index contributed by atoms with van der Waals surface area (Å²) in [7, 11) is 0. The minimum Gasteiger partial charge on any atom is -0.455 e. The van der Waals surface area contributed by atoms with Gasteiger partial charge in [-0.25, -0.2) is 4.39 Å². The zero-order valence-electron chi connectivity index (χ0n) is 10.0. The molecule has 0 heterocycles. The molecule has 100 valence electrons. The van der Waals surface area contributed by atoms with Gasteiger partial charge in [0.1, 0.15) is 17.3 Å². The third-order valence-electron chi connectivity index (χ3n) is 2.54. The van der Waals surface area contributed by atoms with Crippen molar-refractivity contribution in [2.75, 3.05) is 0 Å². The zero-order chi connectivity index (χ0) is 14.0. The van der Waals surface area contributed by atoms with E-state index in [1.165, 1.54) is 25.1 Å². The van der Waals surface area contributed by atoms with Crippen molar-refractivity contribution < 1.29 is 14.2 Å². The summed E-state index contributed by atoms with van der Waals surface area (Å²) in [5, 5.41) is 10.5. The van der Waals surface area contributed by atoms with Crippen molar-refractivity contribution in [3.05, 3.63) is 57.8 Å². The molecule has 0 fully saturated rings. The molecule has 2 nitrogen and oxygen atoms in total. The molecule has 0 aromatic heterocycles. The molecule has 0 spiro atoms. The van der Waals surface area contributed by atoms with Crippen LogP contribution < -0.4 is 4.74 Å². The second-order valence-electron chi connectivity index (χ2n) is 4.03. The Labute approximate surface area is 120 Å². The lowest BCUT2D eigenvalue weighted by molar-refractivity contribution is 0.195. The topological polar surface area (TPSA) is 29.5 Å². The van der Waals surface area contributed by atoms with Crippen LogP contribution in [0.15, 0.2) is 36.4 Å². The zero-order valence-corrected chi connectivity index (χ0v) is 11.5. The van der Waals surface area contributed by atoms with E-state index in [0.29, 0.717) is 27.1 Å². The van der Waals surface area contributed by atoms with Crippen LogP contribution in [0.1, 0.15) is 18.6 Å². The number of halogens is 3. The summed E-state index contributed by atoms with van der Waals surface area (Å²) in [6.07, 6.45) is -0.850. The summed E-state index contributed by atoms with van der Waals surface area (Å²) in [5.41, 5.74) is 0.353. The van der Waals surface area contributed by atoms with Gasteiger partial charge < -0.3 is 9.84 Å². The van der Waals surface area contributed by atoms with Crippen LogP contribution in [0.4, 0.5) is 4.39 Å². The predicted octanol–water partition coefficient (Wildman–Crippen LogP) is 4.98. The predicted molar refractivity (Wildman–Crippen MR) is 73.6 cm³/mol. The van der Waals surface area contributed by atoms with Crippen LogP contribution in [-0.4, -0.2) is 5.11 Å². The summed E-state index contributed by atoms with van der Waals surface area (Å²) in [5.74, 6) is 0.297. The summed E-state index contributed by atoms with van der Waals surface area (Å²) < 4.78 is 18.8. The number of benzene rings is 2. The first kappa shape index (κ1) is 14.1. The Morgan fingerprint density at radius 2 is 1.79 bits per heavy atom. The van der Waals surface area contributed by atoms with E-state index in [0.717, 1.165) is 0 Å². The molecule has 0 aliphatic carbocycles. The summed E-state index contributed by atoms with van der Waals surface area (Å²) in [4.78, 5) is 0. The number of rotatable bonds is 3. The van der Waals surface area contributed by atoms with E-state index < -0.39 is 11.9 Å². The van der Waals surface area contributed by atoms with Crippen molar-refractivity contribution in [2.24, 2.45) is 0 Å². The van der Waals surface area contributed by atoms with Crippen LogP contribution in [0.3, 0.4) is 0 Å². The van der Waals surface area contributed by atoms with Gasteiger partial charge in [0.25, 0.3) is 0 Å². The van der Waals surface area contributed by atoms with Gasteiger partial charge in [-0.15, -0.1) is 0 Å². The lowest BCUT2D eigenvalue weighted by Gasteiger charge is -2.14. The first-order valence-electron chi connectivity index (χ1n) is 5.58. The van der Waals surface area contributed by atoms with E-state index >= 15 is 0 Å². The van der Waals surface area contributed by atoms with Gasteiger partial charge in [-0.3, -0.25) is 0 Å². The van der Waals surface area contributed by atoms with E-state index in [9.17, 15) is 9.50 Å². The third-order valence-corrected chi connectivity index (χ3v) is 3.07. The average Bonchev–Trinajstić information content (AvgIpc) is 2.34. The molecule has 0 saturated heterocycles. The number of hydrogen-bond acceptors (Lipinski definition) is 2. The van der Waals surface area contributed by atoms with Gasteiger partial charge in [0.15, 0.2) is 0 Å². The maximum absolute atomic E-state index is 13.2. The highest BCUT2D eigenvalue weighted by Gasteiger charge is 2.13. The first-order valence-corrected chi connectivity index (χ1v) is 6.33. The monoisotopic (exact) mass is 300 g/mol. The van der Waals surface area contributed by atoms with Gasteiger partial charge in [-0.05, 0) is 43.3 Å². The minimum absolute atomic E-state index is 0.341. The van der Waals surface area contributed by atoms with Gasteiger partial charge in [-0.1, -0.05) is 23.2 Å². The van der Waals surface area contributed by atoms with Crippen LogP contribution in [-0.2, 0) is 0 Å². The normalized spacial score (nSPS) is 12.3. The maximum Gasteiger partial charge on any atom is 0.146 e. The molecule has 0 saturated carbocycles. The van der Waals surface area contributed by atoms with Crippen molar-refractivity contribution >= 4 is 23.2 Å². The molecular weight excluding hydrogens is 290 g/mol. The maximum atomic E-state index is 13.2. The largest absolute Gasteiger partial charge is 0.455 e. The van der Waals surface area contributed by atoms with Gasteiger partial charge in [-0.2, -0.15) is 0 Å². The number of ether oxygens (including phenoxy) is 1. The van der Waals surface area contributed by atoms with Crippen molar-refractivity contribution in [3.63, 3.8) is 0 Å². The van der Waals surface area contributed by atoms with E-state index in [-0.39, 0.29) is 0 Å². The Morgan fingerprint density at radius 3 is 2.42 bits per heavy atom. The molecule has 19 heavy (non-hydrogen) atoms. The van der Waals surface area contributed by atoms with Gasteiger partial charge >= 0.3 is 0 Å². The van der Waals surface area contributed by atoms with Crippen molar-refractivity contribution in [3.8, 4) is 11.5 Å². The summed E-state index contributed by atoms with van der Waals surface area (Å²) in [6.45, 7) is 1.53. The van der Waals surface area contributed by atoms with E-state index in [1.54, 1.807) is 18.2 Å². The molecule has 0 aliphatic heterocycles. The fraction of sp³-hybridized carbons (Fsp3) is 0.143. The minimum atomic E-state index is -0.850. The van der Waals surface area contributed by atoms with E-state index in [4.69, 9.17) is 27.9 Å². The van der Waals surface area contributed by atoms with Crippen molar-refractivity contribution in [2.45, 2.75) is 13.0 Å². The molecule has 1 N–H and O–H groups in total. The second-order valence-corrected chi connectivity index (χ2v) is 4.88. The number of hydrogen-bond donors (Lipinski definition) is 1. The molecule has 1 unspecified atom stereocenters. The molecule has 0 amide bonds. The fourth-order valence-electron chi connectivity index (χ4n) is 1.62. The van der Waals surface area contributed by atoms with E-state index in [2.05, 4.69) is 0 Å². The Balaban J connectivity index is 2.38. The first-order chi connectivity index (χ1) is 8.97. The molecule has 0 bridgehead atoms. The summed E-state index contributed by atoms with van der Waals surface area (Å²) in [6, 6.07) is 8.72. The van der Waals surface area contributed by atoms with Crippen LogP contribution in [0.5, 0.6) is 11.5 Å². The van der Waals surface area contributed by atoms with Crippen LogP contribution >= 0.6 is 23.2 Å². The highest BCUT2D eigenvalue weighted by atomic mass is 35.5. The van der Waals surface area contributed by atoms with E-state index in [1.807, 2.05) is 0 Å². The quantitative estimate of drug-likeness (QED) is 0.866. The lowest BCUT2D eigenvalue weighted by atomic mass is 10.1. The van der Waals surface area contributed by atoms with Gasteiger partial charge in [0, 0.05) is 10.6 Å². The fourth-order valence-corrected chi connectivity index (χ4v) is 2.06. The lowest BCUT2D eigenvalue weighted by Crippen LogP contribution is -1.97. The molecular formula is C14H11Cl2FO2. The van der Waals surface area contributed by atoms with Crippen LogP contribution in [0.25, 0.3) is 0 Å². The van der Waals surface area contributed by atoms with Crippen molar-refractivity contribution in [1.29, 1.82) is 0 Å². The highest BCUT2D eigenvalue weighted by molar-refractivity contribution is 6.35. The number of aliphatic hydroxyl groups excluding tert-OH is 1. The van der Waals surface area contributed by atoms with Gasteiger partial charge in [0.2, 0.25) is 0 Å². The van der Waals surface area contributed by atoms with Crippen LogP contribution in [0, 0.1) is 5.82 Å². The molecule has 0 aliphatic rings. The van der Waals surface area contributed by atoms with Crippen LogP contribution in [0.2, 0.25) is 10.0 Å². The Morgan fingerprint density at radius 1 is 1.11 bits per heavy atom. The van der Waals surface area contributed by atoms with Crippen molar-refractivity contribution in [1.82, 2.24) is 0 Å². The SMILES string of the molecule is CC(O)c1cc(F)ccc1Oc1ccc(Cl)cc1Cl. The Kier molecular flexibility index (Phi) is 4.30. The second kappa shape index (κ2) is 5.78. The van der Waals surface area contributed by atoms with Gasteiger partial charge in [0.05, 0.1) is 11.1 Å². The summed E-state index contributed by atoms with van der Waals surface area (Å²) >= 11 is 11.8. The Bertz CT molecular complexity index is 600. The third kappa shape index (κ3) is 3.38. The molecule has 2 aromatic rings. The average molecular weight is 301 g/mol. The highest BCUT2D eigenvalue weighted by Crippen LogP contribution is 2.35.